The van der Waals surface area contributed by atoms with E-state index in [4.69, 9.17) is 12.2 Å². The number of hydrogen-bond acceptors (Lipinski definition) is 1. The summed E-state index contributed by atoms with van der Waals surface area (Å²) in [5.74, 6) is 0. The molecule has 0 aliphatic rings. The SMILES string of the molecule is Cc1ccc(C(C)NC(=S)NCCc2ccccc2)cc1C. The van der Waals surface area contributed by atoms with Crippen LogP contribution in [0.3, 0.4) is 0 Å². The first-order valence-electron chi connectivity index (χ1n) is 7.71. The van der Waals surface area contributed by atoms with Crippen LogP contribution in [0, 0.1) is 13.8 Å². The number of nitrogens with one attached hydrogen (secondary N) is 2. The molecule has 0 aliphatic carbocycles. The molecule has 116 valence electrons. The van der Waals surface area contributed by atoms with Gasteiger partial charge in [-0.1, -0.05) is 48.5 Å². The van der Waals surface area contributed by atoms with Crippen molar-refractivity contribution in [2.24, 2.45) is 0 Å². The highest BCUT2D eigenvalue weighted by molar-refractivity contribution is 7.80. The Morgan fingerprint density at radius 2 is 1.77 bits per heavy atom. The van der Waals surface area contributed by atoms with Gasteiger partial charge in [0, 0.05) is 6.54 Å². The Kier molecular flexibility index (Phi) is 5.96. The second-order valence-corrected chi connectivity index (χ2v) is 6.11. The highest BCUT2D eigenvalue weighted by Gasteiger charge is 2.07. The lowest BCUT2D eigenvalue weighted by Gasteiger charge is -2.18. The molecule has 0 fully saturated rings. The van der Waals surface area contributed by atoms with Crippen LogP contribution in [-0.4, -0.2) is 11.7 Å². The Hall–Kier alpha value is -1.87. The van der Waals surface area contributed by atoms with E-state index < -0.39 is 0 Å². The molecule has 0 saturated heterocycles. The third-order valence-corrected chi connectivity index (χ3v) is 4.18. The summed E-state index contributed by atoms with van der Waals surface area (Å²) < 4.78 is 0. The van der Waals surface area contributed by atoms with Crippen molar-refractivity contribution in [1.29, 1.82) is 0 Å². The Bertz CT molecular complexity index is 623. The first-order valence-corrected chi connectivity index (χ1v) is 8.12. The van der Waals surface area contributed by atoms with Gasteiger partial charge < -0.3 is 10.6 Å². The summed E-state index contributed by atoms with van der Waals surface area (Å²) in [4.78, 5) is 0. The quantitative estimate of drug-likeness (QED) is 0.814. The molecule has 2 aromatic rings. The minimum atomic E-state index is 0.205. The lowest BCUT2D eigenvalue weighted by molar-refractivity contribution is 0.696. The van der Waals surface area contributed by atoms with Crippen LogP contribution in [0.5, 0.6) is 0 Å². The van der Waals surface area contributed by atoms with Gasteiger partial charge in [-0.05, 0) is 61.7 Å². The van der Waals surface area contributed by atoms with Crippen molar-refractivity contribution in [1.82, 2.24) is 10.6 Å². The summed E-state index contributed by atoms with van der Waals surface area (Å²) >= 11 is 5.38. The monoisotopic (exact) mass is 312 g/mol. The van der Waals surface area contributed by atoms with Crippen LogP contribution in [0.4, 0.5) is 0 Å². The average molecular weight is 312 g/mol. The zero-order valence-electron chi connectivity index (χ0n) is 13.5. The molecule has 0 saturated carbocycles. The van der Waals surface area contributed by atoms with Crippen LogP contribution in [0.2, 0.25) is 0 Å². The molecule has 2 aromatic carbocycles. The standard InChI is InChI=1S/C19H24N2S/c1-14-9-10-18(13-15(14)2)16(3)21-19(22)20-12-11-17-7-5-4-6-8-17/h4-10,13,16H,11-12H2,1-3H3,(H2,20,21,22). The van der Waals surface area contributed by atoms with Crippen LogP contribution >= 0.6 is 12.2 Å². The predicted octanol–water partition coefficient (Wildman–Crippen LogP) is 4.07. The number of aryl methyl sites for hydroxylation is 2. The van der Waals surface area contributed by atoms with Crippen molar-refractivity contribution < 1.29 is 0 Å². The van der Waals surface area contributed by atoms with E-state index in [1.54, 1.807) is 0 Å². The topological polar surface area (TPSA) is 24.1 Å². The lowest BCUT2D eigenvalue weighted by Crippen LogP contribution is -2.37. The van der Waals surface area contributed by atoms with Gasteiger partial charge in [-0.3, -0.25) is 0 Å². The molecule has 3 heteroatoms. The zero-order chi connectivity index (χ0) is 15.9. The molecule has 22 heavy (non-hydrogen) atoms. The molecule has 0 amide bonds. The van der Waals surface area contributed by atoms with Gasteiger partial charge in [0.2, 0.25) is 0 Å². The molecular weight excluding hydrogens is 288 g/mol. The third-order valence-electron chi connectivity index (χ3n) is 3.92. The molecule has 0 heterocycles. The van der Waals surface area contributed by atoms with Crippen LogP contribution in [0.1, 0.15) is 35.2 Å². The van der Waals surface area contributed by atoms with Crippen molar-refractivity contribution >= 4 is 17.3 Å². The van der Waals surface area contributed by atoms with Gasteiger partial charge >= 0.3 is 0 Å². The maximum atomic E-state index is 5.38. The van der Waals surface area contributed by atoms with E-state index in [1.165, 1.54) is 22.3 Å². The van der Waals surface area contributed by atoms with E-state index in [9.17, 15) is 0 Å². The summed E-state index contributed by atoms with van der Waals surface area (Å²) in [6.07, 6.45) is 0.973. The van der Waals surface area contributed by atoms with Gasteiger partial charge in [0.25, 0.3) is 0 Å². The maximum Gasteiger partial charge on any atom is 0.166 e. The van der Waals surface area contributed by atoms with Crippen molar-refractivity contribution in [2.45, 2.75) is 33.2 Å². The van der Waals surface area contributed by atoms with E-state index in [-0.39, 0.29) is 6.04 Å². The van der Waals surface area contributed by atoms with Gasteiger partial charge in [-0.15, -0.1) is 0 Å². The maximum absolute atomic E-state index is 5.38. The molecule has 2 rings (SSSR count). The molecule has 0 radical (unpaired) electrons. The largest absolute Gasteiger partial charge is 0.362 e. The average Bonchev–Trinajstić information content (AvgIpc) is 2.51. The zero-order valence-corrected chi connectivity index (χ0v) is 14.3. The molecule has 1 atom stereocenters. The second-order valence-electron chi connectivity index (χ2n) is 5.70. The van der Waals surface area contributed by atoms with Gasteiger partial charge in [0.15, 0.2) is 5.11 Å². The normalized spacial score (nSPS) is 11.8. The van der Waals surface area contributed by atoms with Gasteiger partial charge in [0.1, 0.15) is 0 Å². The number of hydrogen-bond donors (Lipinski definition) is 2. The molecule has 0 bridgehead atoms. The minimum Gasteiger partial charge on any atom is -0.362 e. The molecular formula is C19H24N2S. The van der Waals surface area contributed by atoms with Crippen LogP contribution in [0.15, 0.2) is 48.5 Å². The van der Waals surface area contributed by atoms with Crippen LogP contribution in [-0.2, 0) is 6.42 Å². The lowest BCUT2D eigenvalue weighted by atomic mass is 10.0. The van der Waals surface area contributed by atoms with Gasteiger partial charge in [0.05, 0.1) is 6.04 Å². The fourth-order valence-corrected chi connectivity index (χ4v) is 2.61. The van der Waals surface area contributed by atoms with Gasteiger partial charge in [-0.2, -0.15) is 0 Å². The summed E-state index contributed by atoms with van der Waals surface area (Å²) in [6, 6.07) is 17.2. The molecule has 2 nitrogen and oxygen atoms in total. The fourth-order valence-electron chi connectivity index (χ4n) is 2.33. The summed E-state index contributed by atoms with van der Waals surface area (Å²) in [6.45, 7) is 7.25. The highest BCUT2D eigenvalue weighted by atomic mass is 32.1. The van der Waals surface area contributed by atoms with Crippen molar-refractivity contribution in [3.63, 3.8) is 0 Å². The smallest absolute Gasteiger partial charge is 0.166 e. The second kappa shape index (κ2) is 7.95. The van der Waals surface area contributed by atoms with E-state index >= 15 is 0 Å². The Morgan fingerprint density at radius 3 is 2.45 bits per heavy atom. The van der Waals surface area contributed by atoms with E-state index in [2.05, 4.69) is 73.9 Å². The van der Waals surface area contributed by atoms with E-state index in [0.717, 1.165) is 13.0 Å². The van der Waals surface area contributed by atoms with Gasteiger partial charge in [-0.25, -0.2) is 0 Å². The first kappa shape index (κ1) is 16.5. The minimum absolute atomic E-state index is 0.205. The number of benzene rings is 2. The molecule has 0 aromatic heterocycles. The molecule has 2 N–H and O–H groups in total. The molecule has 0 spiro atoms. The Labute approximate surface area is 139 Å². The summed E-state index contributed by atoms with van der Waals surface area (Å²) in [5.41, 5.74) is 5.21. The van der Waals surface area contributed by atoms with Crippen molar-refractivity contribution in [3.05, 3.63) is 70.8 Å². The van der Waals surface area contributed by atoms with Crippen molar-refractivity contribution in [2.75, 3.05) is 6.54 Å². The molecule has 0 aliphatic heterocycles. The Balaban J connectivity index is 1.80. The van der Waals surface area contributed by atoms with Crippen LogP contribution < -0.4 is 10.6 Å². The van der Waals surface area contributed by atoms with Crippen LogP contribution in [0.25, 0.3) is 0 Å². The third kappa shape index (κ3) is 4.85. The number of thiocarbonyl (C=S) groups is 1. The Morgan fingerprint density at radius 1 is 1.05 bits per heavy atom. The van der Waals surface area contributed by atoms with E-state index in [1.807, 2.05) is 6.07 Å². The first-order chi connectivity index (χ1) is 10.6. The fraction of sp³-hybridized carbons (Fsp3) is 0.316. The summed E-state index contributed by atoms with van der Waals surface area (Å²) in [7, 11) is 0. The summed E-state index contributed by atoms with van der Waals surface area (Å²) in [5, 5.41) is 7.34. The highest BCUT2D eigenvalue weighted by Crippen LogP contribution is 2.16. The van der Waals surface area contributed by atoms with E-state index in [0.29, 0.717) is 5.11 Å². The van der Waals surface area contributed by atoms with Crippen molar-refractivity contribution in [3.8, 4) is 0 Å². The number of rotatable bonds is 5. The molecule has 1 unspecified atom stereocenters. The predicted molar refractivity (Wildman–Crippen MR) is 98.2 cm³/mol.